The Morgan fingerprint density at radius 2 is 1.71 bits per heavy atom. The average Bonchev–Trinajstić information content (AvgIpc) is 3.22. The third kappa shape index (κ3) is 4.84. The molecule has 2 heterocycles. The van der Waals surface area contributed by atoms with Crippen LogP contribution in [0.1, 0.15) is 57.8 Å². The lowest BCUT2D eigenvalue weighted by Gasteiger charge is -2.33. The lowest BCUT2D eigenvalue weighted by atomic mass is 9.86. The molecule has 28 heavy (non-hydrogen) atoms. The van der Waals surface area contributed by atoms with E-state index in [1.165, 1.54) is 37.7 Å². The molecule has 1 aliphatic carbocycles. The normalized spacial score (nSPS) is 19.1. The van der Waals surface area contributed by atoms with Gasteiger partial charge in [0.15, 0.2) is 0 Å². The van der Waals surface area contributed by atoms with E-state index in [2.05, 4.69) is 44.9 Å². The first-order valence-electron chi connectivity index (χ1n) is 11.1. The van der Waals surface area contributed by atoms with Gasteiger partial charge in [0.1, 0.15) is 5.82 Å². The van der Waals surface area contributed by atoms with Gasteiger partial charge in [-0.15, -0.1) is 0 Å². The first-order chi connectivity index (χ1) is 13.8. The van der Waals surface area contributed by atoms with Crippen molar-refractivity contribution in [3.8, 4) is 11.4 Å². The van der Waals surface area contributed by atoms with E-state index in [4.69, 9.17) is 0 Å². The minimum Gasteiger partial charge on any atom is -0.343 e. The van der Waals surface area contributed by atoms with E-state index in [-0.39, 0.29) is 0 Å². The summed E-state index contributed by atoms with van der Waals surface area (Å²) in [5.41, 5.74) is 1.17. The molecule has 1 aromatic carbocycles. The van der Waals surface area contributed by atoms with E-state index >= 15 is 0 Å². The van der Waals surface area contributed by atoms with Crippen molar-refractivity contribution in [2.45, 2.75) is 64.3 Å². The lowest BCUT2D eigenvalue weighted by Crippen LogP contribution is -2.39. The van der Waals surface area contributed by atoms with Crippen LogP contribution >= 0.6 is 0 Å². The van der Waals surface area contributed by atoms with Crippen molar-refractivity contribution < 1.29 is 4.79 Å². The highest BCUT2D eigenvalue weighted by atomic mass is 16.2. The summed E-state index contributed by atoms with van der Waals surface area (Å²) >= 11 is 0. The highest BCUT2D eigenvalue weighted by molar-refractivity contribution is 5.76. The highest BCUT2D eigenvalue weighted by Gasteiger charge is 2.24. The molecule has 150 valence electrons. The largest absolute Gasteiger partial charge is 0.343 e. The first kappa shape index (κ1) is 19.2. The Bertz CT molecular complexity index is 740. The van der Waals surface area contributed by atoms with Crippen LogP contribution in [0.3, 0.4) is 0 Å². The number of likely N-dealkylation sites (tertiary alicyclic amines) is 1. The predicted molar refractivity (Wildman–Crippen MR) is 113 cm³/mol. The molecule has 4 nitrogen and oxygen atoms in total. The summed E-state index contributed by atoms with van der Waals surface area (Å²) < 4.78 is 2.28. The van der Waals surface area contributed by atoms with Gasteiger partial charge in [-0.2, -0.15) is 0 Å². The van der Waals surface area contributed by atoms with Crippen LogP contribution in [0.15, 0.2) is 42.7 Å². The Morgan fingerprint density at radius 3 is 2.46 bits per heavy atom. The summed E-state index contributed by atoms with van der Waals surface area (Å²) in [5.74, 6) is 2.86. The maximum Gasteiger partial charge on any atom is 0.222 e. The summed E-state index contributed by atoms with van der Waals surface area (Å²) in [5, 5.41) is 0. The van der Waals surface area contributed by atoms with E-state index in [0.29, 0.717) is 11.8 Å². The second-order valence-electron chi connectivity index (χ2n) is 8.64. The Kier molecular flexibility index (Phi) is 6.45. The van der Waals surface area contributed by atoms with Crippen LogP contribution in [0.5, 0.6) is 0 Å². The summed E-state index contributed by atoms with van der Waals surface area (Å²) in [6.07, 6.45) is 14.8. The molecule has 1 aliphatic heterocycles. The zero-order valence-corrected chi connectivity index (χ0v) is 16.9. The molecule has 1 saturated carbocycles. The molecule has 2 aromatic rings. The van der Waals surface area contributed by atoms with Gasteiger partial charge in [-0.25, -0.2) is 4.98 Å². The maximum atomic E-state index is 12.6. The molecule has 1 saturated heterocycles. The Morgan fingerprint density at radius 1 is 0.964 bits per heavy atom. The fourth-order valence-electron chi connectivity index (χ4n) is 4.91. The molecule has 0 bridgehead atoms. The van der Waals surface area contributed by atoms with Crippen molar-refractivity contribution >= 4 is 5.91 Å². The average molecular weight is 380 g/mol. The third-order valence-corrected chi connectivity index (χ3v) is 6.66. The number of piperidine rings is 1. The van der Waals surface area contributed by atoms with Crippen LogP contribution in [0, 0.1) is 11.8 Å². The Labute approximate surface area is 169 Å². The van der Waals surface area contributed by atoms with Crippen molar-refractivity contribution in [2.75, 3.05) is 13.1 Å². The topological polar surface area (TPSA) is 38.1 Å². The van der Waals surface area contributed by atoms with Gasteiger partial charge in [0.05, 0.1) is 0 Å². The van der Waals surface area contributed by atoms with E-state index in [9.17, 15) is 4.79 Å². The minimum atomic E-state index is 0.386. The van der Waals surface area contributed by atoms with E-state index in [1.807, 2.05) is 12.3 Å². The van der Waals surface area contributed by atoms with E-state index in [0.717, 1.165) is 57.1 Å². The molecule has 0 N–H and O–H groups in total. The van der Waals surface area contributed by atoms with Crippen molar-refractivity contribution in [1.29, 1.82) is 0 Å². The summed E-state index contributed by atoms with van der Waals surface area (Å²) in [6, 6.07) is 10.4. The van der Waals surface area contributed by atoms with Gasteiger partial charge in [0, 0.05) is 44.0 Å². The minimum absolute atomic E-state index is 0.386. The number of carbonyl (C=O) groups is 1. The molecule has 0 atom stereocenters. The second-order valence-corrected chi connectivity index (χ2v) is 8.64. The number of hydrogen-bond donors (Lipinski definition) is 0. The quantitative estimate of drug-likeness (QED) is 0.696. The first-order valence-corrected chi connectivity index (χ1v) is 11.1. The van der Waals surface area contributed by atoms with Gasteiger partial charge in [-0.1, -0.05) is 62.4 Å². The molecule has 1 amide bonds. The van der Waals surface area contributed by atoms with Crippen molar-refractivity contribution in [3.05, 3.63) is 42.7 Å². The summed E-state index contributed by atoms with van der Waals surface area (Å²) in [6.45, 7) is 2.83. The fourth-order valence-corrected chi connectivity index (χ4v) is 4.91. The molecule has 2 fully saturated rings. The third-order valence-electron chi connectivity index (χ3n) is 6.66. The molecule has 4 rings (SSSR count). The van der Waals surface area contributed by atoms with Gasteiger partial charge in [0.2, 0.25) is 5.91 Å². The molecule has 0 unspecified atom stereocenters. The van der Waals surface area contributed by atoms with Crippen molar-refractivity contribution in [3.63, 3.8) is 0 Å². The number of rotatable bonds is 6. The number of benzene rings is 1. The maximum absolute atomic E-state index is 12.6. The van der Waals surface area contributed by atoms with E-state index < -0.39 is 0 Å². The van der Waals surface area contributed by atoms with Crippen LogP contribution < -0.4 is 0 Å². The van der Waals surface area contributed by atoms with E-state index in [1.54, 1.807) is 0 Å². The second kappa shape index (κ2) is 9.40. The lowest BCUT2D eigenvalue weighted by molar-refractivity contribution is -0.133. The molecule has 0 spiro atoms. The summed E-state index contributed by atoms with van der Waals surface area (Å²) in [7, 11) is 0. The van der Waals surface area contributed by atoms with Gasteiger partial charge < -0.3 is 9.47 Å². The number of aromatic nitrogens is 2. The van der Waals surface area contributed by atoms with Crippen molar-refractivity contribution in [1.82, 2.24) is 14.5 Å². The molecule has 4 heteroatoms. The predicted octanol–water partition coefficient (Wildman–Crippen LogP) is 5.15. The molecule has 2 aliphatic rings. The van der Waals surface area contributed by atoms with Gasteiger partial charge in [-0.05, 0) is 31.1 Å². The van der Waals surface area contributed by atoms with Crippen LogP contribution in [0.4, 0.5) is 0 Å². The summed E-state index contributed by atoms with van der Waals surface area (Å²) in [4.78, 5) is 19.3. The zero-order valence-electron chi connectivity index (χ0n) is 16.9. The van der Waals surface area contributed by atoms with Crippen LogP contribution in [0.25, 0.3) is 11.4 Å². The fraction of sp³-hybridized carbons (Fsp3) is 0.583. The van der Waals surface area contributed by atoms with Gasteiger partial charge in [-0.3, -0.25) is 4.79 Å². The zero-order chi connectivity index (χ0) is 19.2. The standard InChI is InChI=1S/C24H33N3O/c28-23(12-11-20-7-3-1-4-8-20)26-16-13-21(14-17-26)19-27-18-15-25-24(27)22-9-5-2-6-10-22/h2,5-6,9-10,15,18,20-21H,1,3-4,7-8,11-14,16-17,19H2. The monoisotopic (exact) mass is 379 g/mol. The number of nitrogens with zero attached hydrogens (tertiary/aromatic N) is 3. The van der Waals surface area contributed by atoms with Crippen molar-refractivity contribution in [2.24, 2.45) is 11.8 Å². The Balaban J connectivity index is 1.25. The number of amides is 1. The molecule has 0 radical (unpaired) electrons. The van der Waals surface area contributed by atoms with Gasteiger partial charge >= 0.3 is 0 Å². The Hall–Kier alpha value is -2.10. The van der Waals surface area contributed by atoms with Crippen LogP contribution in [0.2, 0.25) is 0 Å². The molecular formula is C24H33N3O. The smallest absolute Gasteiger partial charge is 0.222 e. The highest BCUT2D eigenvalue weighted by Crippen LogP contribution is 2.28. The molecular weight excluding hydrogens is 346 g/mol. The van der Waals surface area contributed by atoms with Crippen LogP contribution in [-0.2, 0) is 11.3 Å². The number of imidazole rings is 1. The number of carbonyl (C=O) groups excluding carboxylic acids is 1. The van der Waals surface area contributed by atoms with Gasteiger partial charge in [0.25, 0.3) is 0 Å². The SMILES string of the molecule is O=C(CCC1CCCCC1)N1CCC(Cn2ccnc2-c2ccccc2)CC1. The van der Waals surface area contributed by atoms with Crippen LogP contribution in [-0.4, -0.2) is 33.4 Å². The molecule has 1 aromatic heterocycles. The number of hydrogen-bond acceptors (Lipinski definition) is 2.